The van der Waals surface area contributed by atoms with Crippen LogP contribution in [0.2, 0.25) is 0 Å². The van der Waals surface area contributed by atoms with Gasteiger partial charge in [0.1, 0.15) is 13.1 Å². The number of carbonyl (C=O) groups is 2. The summed E-state index contributed by atoms with van der Waals surface area (Å²) < 4.78 is 0. The fourth-order valence-electron chi connectivity index (χ4n) is 3.52. The highest BCUT2D eigenvalue weighted by atomic mass is 32.1. The monoisotopic (exact) mass is 482 g/mol. The van der Waals surface area contributed by atoms with Gasteiger partial charge in [-0.15, -0.1) is 10.2 Å². The van der Waals surface area contributed by atoms with E-state index >= 15 is 0 Å². The lowest BCUT2D eigenvalue weighted by molar-refractivity contribution is -0.140. The zero-order chi connectivity index (χ0) is 24.5. The molecule has 11 heteroatoms. The summed E-state index contributed by atoms with van der Waals surface area (Å²) in [6.45, 7) is 2.12. The Labute approximate surface area is 202 Å². The SMILES string of the molecule is CCCCN(Cc1ccc(-c2ccccc2-c2nn[nH]n2)cc1)C(=S)N(CC(=O)O)CC(=O)O. The van der Waals surface area contributed by atoms with E-state index in [4.69, 9.17) is 12.2 Å². The van der Waals surface area contributed by atoms with Crippen LogP contribution in [0.5, 0.6) is 0 Å². The molecular weight excluding hydrogens is 456 g/mol. The lowest BCUT2D eigenvalue weighted by atomic mass is 9.98. The Morgan fingerprint density at radius 1 is 0.971 bits per heavy atom. The van der Waals surface area contributed by atoms with E-state index in [2.05, 4.69) is 20.6 Å². The first-order valence-corrected chi connectivity index (χ1v) is 11.2. The number of rotatable bonds is 11. The molecule has 3 N–H and O–H groups in total. The molecule has 34 heavy (non-hydrogen) atoms. The lowest BCUT2D eigenvalue weighted by Crippen LogP contribution is -2.47. The summed E-state index contributed by atoms with van der Waals surface area (Å²) in [6.07, 6.45) is 1.76. The van der Waals surface area contributed by atoms with Crippen molar-refractivity contribution in [3.63, 3.8) is 0 Å². The predicted molar refractivity (Wildman–Crippen MR) is 130 cm³/mol. The number of benzene rings is 2. The van der Waals surface area contributed by atoms with E-state index in [-0.39, 0.29) is 5.11 Å². The van der Waals surface area contributed by atoms with Crippen LogP contribution in [0.3, 0.4) is 0 Å². The van der Waals surface area contributed by atoms with Crippen LogP contribution in [0.4, 0.5) is 0 Å². The topological polar surface area (TPSA) is 136 Å². The number of H-pyrrole nitrogens is 1. The van der Waals surface area contributed by atoms with E-state index < -0.39 is 25.0 Å². The summed E-state index contributed by atoms with van der Waals surface area (Å²) in [6, 6.07) is 15.7. The Morgan fingerprint density at radius 2 is 1.62 bits per heavy atom. The summed E-state index contributed by atoms with van der Waals surface area (Å²) in [7, 11) is 0. The third kappa shape index (κ3) is 6.58. The standard InChI is InChI=1S/C23H26N6O4S/c1-2-3-12-28(23(34)29(14-20(30)31)15-21(32)33)13-16-8-10-17(11-9-16)18-6-4-5-7-19(18)22-24-26-27-25-22/h4-11H,2-3,12-15H2,1H3,(H,30,31)(H,32,33)(H,24,25,26,27). The van der Waals surface area contributed by atoms with Crippen LogP contribution in [-0.4, -0.2) is 77.3 Å². The lowest BCUT2D eigenvalue weighted by Gasteiger charge is -2.32. The molecule has 0 bridgehead atoms. The molecule has 0 saturated carbocycles. The van der Waals surface area contributed by atoms with Crippen molar-refractivity contribution in [2.24, 2.45) is 0 Å². The largest absolute Gasteiger partial charge is 0.480 e. The van der Waals surface area contributed by atoms with Crippen LogP contribution in [0, 0.1) is 0 Å². The molecule has 0 aliphatic heterocycles. The second-order valence-electron chi connectivity index (χ2n) is 7.68. The van der Waals surface area contributed by atoms with Crippen molar-refractivity contribution in [2.45, 2.75) is 26.3 Å². The van der Waals surface area contributed by atoms with Crippen LogP contribution in [0.15, 0.2) is 48.5 Å². The zero-order valence-corrected chi connectivity index (χ0v) is 19.5. The molecule has 178 valence electrons. The fraction of sp³-hybridized carbons (Fsp3) is 0.304. The van der Waals surface area contributed by atoms with Crippen LogP contribution < -0.4 is 0 Å². The molecule has 0 unspecified atom stereocenters. The van der Waals surface area contributed by atoms with Crippen molar-refractivity contribution in [3.8, 4) is 22.5 Å². The minimum absolute atomic E-state index is 0.213. The maximum absolute atomic E-state index is 11.2. The minimum atomic E-state index is -1.14. The molecule has 0 radical (unpaired) electrons. The van der Waals surface area contributed by atoms with Gasteiger partial charge in [-0.05, 0) is 40.5 Å². The van der Waals surface area contributed by atoms with Crippen molar-refractivity contribution in [2.75, 3.05) is 19.6 Å². The number of tetrazole rings is 1. The van der Waals surface area contributed by atoms with Gasteiger partial charge in [0.15, 0.2) is 5.11 Å². The van der Waals surface area contributed by atoms with Gasteiger partial charge in [0.2, 0.25) is 5.82 Å². The summed E-state index contributed by atoms with van der Waals surface area (Å²) in [5, 5.41) is 32.9. The van der Waals surface area contributed by atoms with E-state index in [1.54, 1.807) is 0 Å². The average molecular weight is 483 g/mol. The number of aromatic amines is 1. The number of aliphatic carboxylic acids is 2. The molecule has 3 aromatic rings. The Bertz CT molecular complexity index is 1100. The van der Waals surface area contributed by atoms with Gasteiger partial charge in [-0.3, -0.25) is 9.59 Å². The molecule has 1 aromatic heterocycles. The first-order valence-electron chi connectivity index (χ1n) is 10.8. The molecule has 0 fully saturated rings. The number of carboxylic acid groups (broad SMARTS) is 2. The highest BCUT2D eigenvalue weighted by Crippen LogP contribution is 2.29. The number of thiocarbonyl (C=S) groups is 1. The highest BCUT2D eigenvalue weighted by molar-refractivity contribution is 7.80. The first-order chi connectivity index (χ1) is 16.4. The van der Waals surface area contributed by atoms with Crippen LogP contribution in [0.1, 0.15) is 25.3 Å². The fourth-order valence-corrected chi connectivity index (χ4v) is 3.81. The summed E-state index contributed by atoms with van der Waals surface area (Å²) in [5.74, 6) is -1.76. The van der Waals surface area contributed by atoms with Crippen molar-refractivity contribution in [1.82, 2.24) is 30.4 Å². The van der Waals surface area contributed by atoms with Gasteiger partial charge in [0, 0.05) is 18.7 Å². The van der Waals surface area contributed by atoms with Gasteiger partial charge in [-0.25, -0.2) is 0 Å². The number of nitrogens with zero attached hydrogens (tertiary/aromatic N) is 5. The molecule has 0 aliphatic carbocycles. The van der Waals surface area contributed by atoms with Crippen molar-refractivity contribution >= 4 is 29.3 Å². The molecule has 3 rings (SSSR count). The third-order valence-corrected chi connectivity index (χ3v) is 5.64. The maximum Gasteiger partial charge on any atom is 0.323 e. The second-order valence-corrected chi connectivity index (χ2v) is 8.04. The second kappa shape index (κ2) is 11.8. The van der Waals surface area contributed by atoms with Gasteiger partial charge in [-0.1, -0.05) is 61.9 Å². The van der Waals surface area contributed by atoms with Crippen molar-refractivity contribution in [1.29, 1.82) is 0 Å². The molecule has 10 nitrogen and oxygen atoms in total. The number of unbranched alkanes of at least 4 members (excludes halogenated alkanes) is 1. The van der Waals surface area contributed by atoms with Gasteiger partial charge in [0.05, 0.1) is 0 Å². The molecule has 0 amide bonds. The normalized spacial score (nSPS) is 10.6. The Hall–Kier alpha value is -3.86. The number of carboxylic acids is 2. The molecule has 2 aromatic carbocycles. The molecular formula is C23H26N6O4S. The molecule has 0 aliphatic rings. The minimum Gasteiger partial charge on any atom is -0.480 e. The van der Waals surface area contributed by atoms with Gasteiger partial charge >= 0.3 is 11.9 Å². The summed E-state index contributed by atoms with van der Waals surface area (Å²) in [5.41, 5.74) is 3.76. The van der Waals surface area contributed by atoms with Crippen LogP contribution in [-0.2, 0) is 16.1 Å². The van der Waals surface area contributed by atoms with E-state index in [1.165, 1.54) is 4.90 Å². The molecule has 0 atom stereocenters. The van der Waals surface area contributed by atoms with Gasteiger partial charge in [-0.2, -0.15) is 5.21 Å². The summed E-state index contributed by atoms with van der Waals surface area (Å²) >= 11 is 5.51. The third-order valence-electron chi connectivity index (χ3n) is 5.13. The van der Waals surface area contributed by atoms with Crippen molar-refractivity contribution < 1.29 is 19.8 Å². The number of nitrogens with one attached hydrogen (secondary N) is 1. The molecule has 0 saturated heterocycles. The Balaban J connectivity index is 1.81. The molecule has 0 spiro atoms. The van der Waals surface area contributed by atoms with Crippen LogP contribution >= 0.6 is 12.2 Å². The Morgan fingerprint density at radius 3 is 2.18 bits per heavy atom. The van der Waals surface area contributed by atoms with Crippen molar-refractivity contribution in [3.05, 3.63) is 54.1 Å². The molecule has 1 heterocycles. The number of hydrogen-bond acceptors (Lipinski definition) is 6. The zero-order valence-electron chi connectivity index (χ0n) is 18.7. The summed E-state index contributed by atoms with van der Waals surface area (Å²) in [4.78, 5) is 25.5. The smallest absolute Gasteiger partial charge is 0.323 e. The average Bonchev–Trinajstić information content (AvgIpc) is 3.35. The van der Waals surface area contributed by atoms with E-state index in [1.807, 2.05) is 60.4 Å². The van der Waals surface area contributed by atoms with E-state index in [0.717, 1.165) is 35.1 Å². The first kappa shape index (κ1) is 24.8. The van der Waals surface area contributed by atoms with E-state index in [9.17, 15) is 19.8 Å². The maximum atomic E-state index is 11.2. The predicted octanol–water partition coefficient (Wildman–Crippen LogP) is 2.89. The van der Waals surface area contributed by atoms with E-state index in [0.29, 0.717) is 18.9 Å². The highest BCUT2D eigenvalue weighted by Gasteiger charge is 2.22. The van der Waals surface area contributed by atoms with Gasteiger partial charge < -0.3 is 20.0 Å². The van der Waals surface area contributed by atoms with Crippen LogP contribution in [0.25, 0.3) is 22.5 Å². The Kier molecular flexibility index (Phi) is 8.63. The van der Waals surface area contributed by atoms with Gasteiger partial charge in [0.25, 0.3) is 0 Å². The quantitative estimate of drug-likeness (QED) is 0.350. The number of aromatic nitrogens is 4. The number of hydrogen-bond donors (Lipinski definition) is 3.